The maximum absolute atomic E-state index is 2.15. The van der Waals surface area contributed by atoms with Crippen LogP contribution in [-0.2, 0) is 0 Å². The third kappa shape index (κ3) is 44.5. The van der Waals surface area contributed by atoms with Gasteiger partial charge in [-0.05, 0) is 13.3 Å². The summed E-state index contributed by atoms with van der Waals surface area (Å²) >= 11 is 0. The first-order chi connectivity index (χ1) is 1.41. The first-order valence-corrected chi connectivity index (χ1v) is 3.00. The first-order valence-electron chi connectivity index (χ1n) is 1.00. The molecule has 0 bridgehead atoms. The average molecular weight is 135 g/mol. The highest BCUT2D eigenvalue weighted by molar-refractivity contribution is 7.35. The van der Waals surface area contributed by atoms with Crippen LogP contribution >= 0.6 is 33.4 Å². The Labute approximate surface area is 47.3 Å². The van der Waals surface area contributed by atoms with E-state index >= 15 is 0 Å². The van der Waals surface area contributed by atoms with Crippen LogP contribution in [0.15, 0.2) is 0 Å². The second-order valence-electron chi connectivity index (χ2n) is 0.500. The molecule has 0 aromatic rings. The smallest absolute Gasteiger partial charge is 0.0475 e. The SMILES string of the molecule is CPC.Cl.Cl. The van der Waals surface area contributed by atoms with E-state index in [9.17, 15) is 0 Å². The fourth-order valence-corrected chi connectivity index (χ4v) is 0. The summed E-state index contributed by atoms with van der Waals surface area (Å²) in [5.41, 5.74) is 0. The Hall–Kier alpha value is 1.01. The van der Waals surface area contributed by atoms with Gasteiger partial charge in [-0.1, -0.05) is 0 Å². The molecule has 5 heavy (non-hydrogen) atoms. The zero-order valence-corrected chi connectivity index (χ0v) is 5.95. The third-order valence-electron chi connectivity index (χ3n) is 0. The van der Waals surface area contributed by atoms with Gasteiger partial charge in [0, 0.05) is 0 Å². The van der Waals surface area contributed by atoms with Crippen molar-refractivity contribution in [2.45, 2.75) is 0 Å². The van der Waals surface area contributed by atoms with Crippen LogP contribution in [0.1, 0.15) is 0 Å². The topological polar surface area (TPSA) is 0 Å². The van der Waals surface area contributed by atoms with Crippen molar-refractivity contribution in [1.82, 2.24) is 0 Å². The largest absolute Gasteiger partial charge is 0.147 e. The minimum atomic E-state index is 0. The maximum Gasteiger partial charge on any atom is -0.0475 e. The number of hydrogen-bond acceptors (Lipinski definition) is 0. The van der Waals surface area contributed by atoms with Crippen LogP contribution in [0.4, 0.5) is 0 Å². The van der Waals surface area contributed by atoms with E-state index in [2.05, 4.69) is 13.3 Å². The molecule has 3 heteroatoms. The van der Waals surface area contributed by atoms with Gasteiger partial charge in [0.1, 0.15) is 0 Å². The van der Waals surface area contributed by atoms with Crippen molar-refractivity contribution >= 4 is 33.4 Å². The Balaban J connectivity index is -0.0000000200. The Morgan fingerprint density at radius 2 is 1.00 bits per heavy atom. The minimum Gasteiger partial charge on any atom is -0.147 e. The van der Waals surface area contributed by atoms with E-state index in [4.69, 9.17) is 0 Å². The van der Waals surface area contributed by atoms with Crippen LogP contribution in [0.2, 0.25) is 0 Å². The lowest BCUT2D eigenvalue weighted by molar-refractivity contribution is 2.32. The summed E-state index contributed by atoms with van der Waals surface area (Å²) in [7, 11) is 1.08. The van der Waals surface area contributed by atoms with E-state index in [1.807, 2.05) is 0 Å². The fourth-order valence-electron chi connectivity index (χ4n) is 0. The molecule has 0 N–H and O–H groups in total. The van der Waals surface area contributed by atoms with Crippen molar-refractivity contribution in [3.05, 3.63) is 0 Å². The lowest BCUT2D eigenvalue weighted by Crippen LogP contribution is -1.18. The molecule has 36 valence electrons. The number of hydrogen-bond donors (Lipinski definition) is 0. The molecule has 0 rings (SSSR count). The summed E-state index contributed by atoms with van der Waals surface area (Å²) < 4.78 is 0. The molecule has 0 aliphatic heterocycles. The molecule has 0 saturated carbocycles. The average Bonchev–Trinajstić information content (AvgIpc) is 0.918. The van der Waals surface area contributed by atoms with Gasteiger partial charge in [0.15, 0.2) is 0 Å². The summed E-state index contributed by atoms with van der Waals surface area (Å²) in [6.07, 6.45) is 0. The van der Waals surface area contributed by atoms with Gasteiger partial charge >= 0.3 is 0 Å². The normalized spacial score (nSPS) is 3.60. The molecule has 0 nitrogen and oxygen atoms in total. The highest BCUT2D eigenvalue weighted by Crippen LogP contribution is 1.84. The number of rotatable bonds is 0. The highest BCUT2D eigenvalue weighted by atomic mass is 35.5. The first kappa shape index (κ1) is 16.7. The summed E-state index contributed by atoms with van der Waals surface area (Å²) in [4.78, 5) is 0. The Bertz CT molecular complexity index is 7.61. The Kier molecular flexibility index (Phi) is 66.4. The van der Waals surface area contributed by atoms with Crippen molar-refractivity contribution in [2.24, 2.45) is 0 Å². The lowest BCUT2D eigenvalue weighted by atomic mass is 11.9. The van der Waals surface area contributed by atoms with Crippen molar-refractivity contribution < 1.29 is 0 Å². The molecule has 0 spiro atoms. The quantitative estimate of drug-likeness (QED) is 0.444. The molecule has 0 radical (unpaired) electrons. The van der Waals surface area contributed by atoms with Gasteiger partial charge in [0.25, 0.3) is 0 Å². The van der Waals surface area contributed by atoms with E-state index < -0.39 is 0 Å². The Morgan fingerprint density at radius 1 is 1.00 bits per heavy atom. The molecule has 0 heterocycles. The zero-order valence-electron chi connectivity index (χ0n) is 3.32. The second-order valence-corrected chi connectivity index (χ2v) is 1.50. The van der Waals surface area contributed by atoms with Crippen LogP contribution < -0.4 is 0 Å². The van der Waals surface area contributed by atoms with E-state index in [0.717, 1.165) is 8.58 Å². The van der Waals surface area contributed by atoms with Crippen molar-refractivity contribution in [3.8, 4) is 0 Å². The van der Waals surface area contributed by atoms with E-state index in [-0.39, 0.29) is 24.8 Å². The summed E-state index contributed by atoms with van der Waals surface area (Å²) in [5, 5.41) is 0. The molecule has 0 aromatic carbocycles. The molecule has 0 atom stereocenters. The van der Waals surface area contributed by atoms with Gasteiger partial charge in [0.2, 0.25) is 0 Å². The van der Waals surface area contributed by atoms with E-state index in [0.29, 0.717) is 0 Å². The van der Waals surface area contributed by atoms with Crippen LogP contribution in [0.5, 0.6) is 0 Å². The third-order valence-corrected chi connectivity index (χ3v) is 0. The van der Waals surface area contributed by atoms with Crippen LogP contribution in [0, 0.1) is 0 Å². The molecule has 0 amide bonds. The molecule has 0 fully saturated rings. The van der Waals surface area contributed by atoms with Crippen molar-refractivity contribution in [1.29, 1.82) is 0 Å². The van der Waals surface area contributed by atoms with Gasteiger partial charge < -0.3 is 0 Å². The van der Waals surface area contributed by atoms with Gasteiger partial charge in [-0.25, -0.2) is 0 Å². The molecule has 0 aromatic heterocycles. The van der Waals surface area contributed by atoms with Gasteiger partial charge in [-0.3, -0.25) is 0 Å². The zero-order chi connectivity index (χ0) is 2.71. The highest BCUT2D eigenvalue weighted by Gasteiger charge is 1.33. The minimum absolute atomic E-state index is 0. The van der Waals surface area contributed by atoms with E-state index in [1.165, 1.54) is 0 Å². The predicted molar refractivity (Wildman–Crippen MR) is 34.7 cm³/mol. The molecular weight excluding hydrogens is 126 g/mol. The van der Waals surface area contributed by atoms with E-state index in [1.54, 1.807) is 0 Å². The van der Waals surface area contributed by atoms with Crippen LogP contribution in [0.3, 0.4) is 0 Å². The predicted octanol–water partition coefficient (Wildman–Crippen LogP) is 1.77. The maximum atomic E-state index is 2.15. The van der Waals surface area contributed by atoms with Crippen molar-refractivity contribution in [3.63, 3.8) is 0 Å². The van der Waals surface area contributed by atoms with Gasteiger partial charge in [0.05, 0.1) is 0 Å². The second kappa shape index (κ2) is 19.9. The van der Waals surface area contributed by atoms with Gasteiger partial charge in [-0.15, -0.1) is 33.4 Å². The summed E-state index contributed by atoms with van der Waals surface area (Å²) in [6, 6.07) is 0. The molecule has 0 saturated heterocycles. The molecular formula is C2H9Cl2P. The summed E-state index contributed by atoms with van der Waals surface area (Å²) in [5.74, 6) is 0. The fraction of sp³-hybridized carbons (Fsp3) is 1.00. The van der Waals surface area contributed by atoms with Crippen LogP contribution in [-0.4, -0.2) is 13.3 Å². The monoisotopic (exact) mass is 134 g/mol. The van der Waals surface area contributed by atoms with Gasteiger partial charge in [-0.2, -0.15) is 0 Å². The van der Waals surface area contributed by atoms with Crippen molar-refractivity contribution in [2.75, 3.05) is 13.3 Å². The Morgan fingerprint density at radius 3 is 1.00 bits per heavy atom. The van der Waals surface area contributed by atoms with Crippen LogP contribution in [0.25, 0.3) is 0 Å². The number of halogens is 2. The summed E-state index contributed by atoms with van der Waals surface area (Å²) in [6.45, 7) is 4.31. The molecule has 0 aliphatic rings. The lowest BCUT2D eigenvalue weighted by Gasteiger charge is -1.50. The standard InChI is InChI=1S/C2H7P.2ClH/c1-3-2;;/h3H,1-2H3;2*1H. The molecule has 0 aliphatic carbocycles. The molecule has 0 unspecified atom stereocenters.